The van der Waals surface area contributed by atoms with Crippen LogP contribution in [0.25, 0.3) is 0 Å². The zero-order valence-electron chi connectivity index (χ0n) is 12.3. The third-order valence-corrected chi connectivity index (χ3v) is 3.04. The number of aromatic hydroxyl groups is 1. The lowest BCUT2D eigenvalue weighted by atomic mass is 10.1. The van der Waals surface area contributed by atoms with Crippen LogP contribution in [-0.4, -0.2) is 22.8 Å². The maximum atomic E-state index is 11.9. The van der Waals surface area contributed by atoms with Gasteiger partial charge in [0.25, 0.3) is 5.91 Å². The highest BCUT2D eigenvalue weighted by Crippen LogP contribution is 2.23. The van der Waals surface area contributed by atoms with Crippen molar-refractivity contribution in [3.63, 3.8) is 0 Å². The summed E-state index contributed by atoms with van der Waals surface area (Å²) in [5, 5.41) is 13.8. The fraction of sp³-hybridized carbons (Fsp3) is 0.0625. The fourth-order valence-corrected chi connectivity index (χ4v) is 1.86. The molecule has 0 saturated carbocycles. The van der Waals surface area contributed by atoms with Crippen LogP contribution in [0, 0.1) is 6.92 Å². The molecule has 0 aliphatic carbocycles. The average molecular weight is 313 g/mol. The van der Waals surface area contributed by atoms with Gasteiger partial charge in [-0.3, -0.25) is 19.7 Å². The number of nitrogens with one attached hydrogen (secondary N) is 2. The third kappa shape index (κ3) is 3.85. The minimum Gasteiger partial charge on any atom is -0.506 e. The van der Waals surface area contributed by atoms with E-state index in [0.717, 1.165) is 5.56 Å². The Morgan fingerprint density at radius 2 is 1.74 bits per heavy atom. The molecule has 0 spiro atoms. The molecule has 0 heterocycles. The summed E-state index contributed by atoms with van der Waals surface area (Å²) >= 11 is 0. The quantitative estimate of drug-likeness (QED) is 0.377. The first-order valence-electron chi connectivity index (χ1n) is 6.69. The van der Waals surface area contributed by atoms with Crippen LogP contribution in [0.2, 0.25) is 0 Å². The maximum absolute atomic E-state index is 11.9. The SMILES string of the molecule is Cc1ccc(NC(=O)C(=O)NC(=O)c2ccccc2N)c(O)c1. The van der Waals surface area contributed by atoms with Crippen molar-refractivity contribution < 1.29 is 19.5 Å². The summed E-state index contributed by atoms with van der Waals surface area (Å²) in [4.78, 5) is 35.4. The van der Waals surface area contributed by atoms with Gasteiger partial charge in [0, 0.05) is 5.69 Å². The van der Waals surface area contributed by atoms with E-state index in [1.54, 1.807) is 25.1 Å². The molecule has 0 atom stereocenters. The van der Waals surface area contributed by atoms with Gasteiger partial charge in [0.2, 0.25) is 0 Å². The fourth-order valence-electron chi connectivity index (χ4n) is 1.86. The van der Waals surface area contributed by atoms with Crippen LogP contribution >= 0.6 is 0 Å². The predicted molar refractivity (Wildman–Crippen MR) is 84.8 cm³/mol. The number of benzene rings is 2. The third-order valence-electron chi connectivity index (χ3n) is 3.04. The van der Waals surface area contributed by atoms with E-state index in [4.69, 9.17) is 5.73 Å². The van der Waals surface area contributed by atoms with Crippen molar-refractivity contribution in [1.29, 1.82) is 0 Å². The first-order valence-corrected chi connectivity index (χ1v) is 6.69. The molecule has 0 radical (unpaired) electrons. The highest BCUT2D eigenvalue weighted by Gasteiger charge is 2.20. The monoisotopic (exact) mass is 313 g/mol. The normalized spacial score (nSPS) is 9.96. The molecule has 2 rings (SSSR count). The Balaban J connectivity index is 2.04. The summed E-state index contributed by atoms with van der Waals surface area (Å²) in [5.74, 6) is -3.19. The zero-order valence-corrected chi connectivity index (χ0v) is 12.3. The molecule has 2 aromatic rings. The summed E-state index contributed by atoms with van der Waals surface area (Å²) in [7, 11) is 0. The summed E-state index contributed by atoms with van der Waals surface area (Å²) in [6, 6.07) is 10.7. The van der Waals surface area contributed by atoms with Crippen molar-refractivity contribution in [2.45, 2.75) is 6.92 Å². The van der Waals surface area contributed by atoms with E-state index >= 15 is 0 Å². The summed E-state index contributed by atoms with van der Waals surface area (Å²) in [5.41, 5.74) is 6.77. The van der Waals surface area contributed by atoms with Crippen LogP contribution in [0.4, 0.5) is 11.4 Å². The number of anilines is 2. The van der Waals surface area contributed by atoms with E-state index in [9.17, 15) is 19.5 Å². The summed E-state index contributed by atoms with van der Waals surface area (Å²) in [6.07, 6.45) is 0. The number of rotatable bonds is 2. The van der Waals surface area contributed by atoms with Crippen LogP contribution in [0.5, 0.6) is 5.75 Å². The molecular weight excluding hydrogens is 298 g/mol. The number of nitrogens with two attached hydrogens (primary N) is 1. The second-order valence-electron chi connectivity index (χ2n) is 4.85. The molecule has 0 saturated heterocycles. The van der Waals surface area contributed by atoms with Crippen LogP contribution in [0.15, 0.2) is 42.5 Å². The van der Waals surface area contributed by atoms with Gasteiger partial charge in [-0.1, -0.05) is 18.2 Å². The van der Waals surface area contributed by atoms with Crippen molar-refractivity contribution in [2.24, 2.45) is 0 Å². The van der Waals surface area contributed by atoms with Crippen LogP contribution in [0.3, 0.4) is 0 Å². The van der Waals surface area contributed by atoms with Gasteiger partial charge in [-0.15, -0.1) is 0 Å². The largest absolute Gasteiger partial charge is 0.506 e. The molecule has 5 N–H and O–H groups in total. The molecule has 0 aliphatic rings. The maximum Gasteiger partial charge on any atom is 0.316 e. The van der Waals surface area contributed by atoms with Crippen LogP contribution in [0.1, 0.15) is 15.9 Å². The van der Waals surface area contributed by atoms with Gasteiger partial charge in [-0.05, 0) is 36.8 Å². The smallest absolute Gasteiger partial charge is 0.316 e. The number of amides is 3. The van der Waals surface area contributed by atoms with Gasteiger partial charge in [-0.25, -0.2) is 0 Å². The van der Waals surface area contributed by atoms with E-state index in [0.29, 0.717) is 0 Å². The van der Waals surface area contributed by atoms with Gasteiger partial charge >= 0.3 is 11.8 Å². The highest BCUT2D eigenvalue weighted by atomic mass is 16.3. The number of carbonyl (C=O) groups excluding carboxylic acids is 3. The number of phenolic OH excluding ortho intramolecular Hbond substituents is 1. The van der Waals surface area contributed by atoms with E-state index in [1.165, 1.54) is 24.3 Å². The molecular formula is C16H15N3O4. The standard InChI is InChI=1S/C16H15N3O4/c1-9-6-7-12(13(20)8-9)18-15(22)16(23)19-14(21)10-4-2-3-5-11(10)17/h2-8,20H,17H2,1H3,(H,18,22)(H,19,21,23). The summed E-state index contributed by atoms with van der Waals surface area (Å²) in [6.45, 7) is 1.76. The lowest BCUT2D eigenvalue weighted by Gasteiger charge is -2.08. The molecule has 0 fully saturated rings. The van der Waals surface area contributed by atoms with Gasteiger partial charge in [0.1, 0.15) is 5.75 Å². The van der Waals surface area contributed by atoms with E-state index in [1.807, 2.05) is 5.32 Å². The minimum atomic E-state index is -1.15. The Bertz CT molecular complexity index is 787. The van der Waals surface area contributed by atoms with Gasteiger partial charge in [0.15, 0.2) is 0 Å². The van der Waals surface area contributed by atoms with Crippen molar-refractivity contribution in [3.8, 4) is 5.75 Å². The number of para-hydroxylation sites is 1. The molecule has 0 aliphatic heterocycles. The highest BCUT2D eigenvalue weighted by molar-refractivity contribution is 6.42. The molecule has 0 aromatic heterocycles. The second-order valence-corrected chi connectivity index (χ2v) is 4.85. The van der Waals surface area contributed by atoms with Crippen molar-refractivity contribution >= 4 is 29.1 Å². The summed E-state index contributed by atoms with van der Waals surface area (Å²) < 4.78 is 0. The number of hydrogen-bond acceptors (Lipinski definition) is 5. The number of nitrogen functional groups attached to an aromatic ring is 1. The van der Waals surface area contributed by atoms with Gasteiger partial charge in [-0.2, -0.15) is 0 Å². The first-order chi connectivity index (χ1) is 10.9. The molecule has 118 valence electrons. The molecule has 0 bridgehead atoms. The lowest BCUT2D eigenvalue weighted by Crippen LogP contribution is -2.39. The Hall–Kier alpha value is -3.35. The van der Waals surface area contributed by atoms with E-state index < -0.39 is 17.7 Å². The van der Waals surface area contributed by atoms with Crippen LogP contribution in [-0.2, 0) is 9.59 Å². The topological polar surface area (TPSA) is 122 Å². The van der Waals surface area contributed by atoms with Crippen LogP contribution < -0.4 is 16.4 Å². The van der Waals surface area contributed by atoms with E-state index in [-0.39, 0.29) is 22.7 Å². The molecule has 3 amide bonds. The Labute approximate surface area is 132 Å². The lowest BCUT2D eigenvalue weighted by molar-refractivity contribution is -0.135. The molecule has 2 aromatic carbocycles. The van der Waals surface area contributed by atoms with E-state index in [2.05, 4.69) is 5.32 Å². The average Bonchev–Trinajstić information content (AvgIpc) is 2.50. The molecule has 23 heavy (non-hydrogen) atoms. The number of hydrogen-bond donors (Lipinski definition) is 4. The Kier molecular flexibility index (Phi) is 4.61. The number of imide groups is 1. The number of aryl methyl sites for hydroxylation is 1. The van der Waals surface area contributed by atoms with Crippen molar-refractivity contribution in [3.05, 3.63) is 53.6 Å². The minimum absolute atomic E-state index is 0.0717. The first kappa shape index (κ1) is 16.0. The van der Waals surface area contributed by atoms with Crippen molar-refractivity contribution in [2.75, 3.05) is 11.1 Å². The Morgan fingerprint density at radius 1 is 1.04 bits per heavy atom. The van der Waals surface area contributed by atoms with Crippen molar-refractivity contribution in [1.82, 2.24) is 5.32 Å². The number of phenols is 1. The molecule has 7 nitrogen and oxygen atoms in total. The molecule has 7 heteroatoms. The second kappa shape index (κ2) is 6.61. The number of carbonyl (C=O) groups is 3. The Morgan fingerprint density at radius 3 is 2.39 bits per heavy atom. The predicted octanol–water partition coefficient (Wildman–Crippen LogP) is 1.18. The molecule has 0 unspecified atom stereocenters. The van der Waals surface area contributed by atoms with Gasteiger partial charge < -0.3 is 16.2 Å². The zero-order chi connectivity index (χ0) is 17.0. The van der Waals surface area contributed by atoms with Gasteiger partial charge in [0.05, 0.1) is 11.3 Å².